The van der Waals surface area contributed by atoms with E-state index in [4.69, 9.17) is 4.74 Å². The Kier molecular flexibility index (Phi) is 8.71. The lowest BCUT2D eigenvalue weighted by Gasteiger charge is -2.21. The van der Waals surface area contributed by atoms with Gasteiger partial charge in [-0.15, -0.1) is 0 Å². The van der Waals surface area contributed by atoms with Crippen LogP contribution in [-0.2, 0) is 11.8 Å². The quantitative estimate of drug-likeness (QED) is 0.802. The lowest BCUT2D eigenvalue weighted by Crippen LogP contribution is -2.36. The van der Waals surface area contributed by atoms with Crippen molar-refractivity contribution in [3.05, 3.63) is 24.7 Å². The van der Waals surface area contributed by atoms with Crippen LogP contribution in [-0.4, -0.2) is 44.5 Å². The van der Waals surface area contributed by atoms with Crippen LogP contribution in [0.15, 0.2) is 24.7 Å². The third-order valence-electron chi connectivity index (χ3n) is 3.25. The molecule has 8 nitrogen and oxygen atoms in total. The smallest absolute Gasteiger partial charge is 0.407 e. The minimum atomic E-state index is -0.486. The Balaban J connectivity index is 0.00000176. The van der Waals surface area contributed by atoms with Gasteiger partial charge in [0, 0.05) is 31.9 Å². The zero-order valence-electron chi connectivity index (χ0n) is 17.4. The molecule has 0 saturated heterocycles. The number of hydrogen-bond donors (Lipinski definition) is 2. The molecule has 1 unspecified atom stereocenters. The highest BCUT2D eigenvalue weighted by Gasteiger charge is 2.16. The average molecular weight is 377 g/mol. The Hall–Kier alpha value is -2.64. The molecule has 0 aliphatic heterocycles. The van der Waals surface area contributed by atoms with E-state index in [0.717, 1.165) is 11.4 Å². The first-order valence-corrected chi connectivity index (χ1v) is 9.26. The molecular formula is C19H32N6O2. The number of pyridine rings is 1. The number of hydrogen-bond acceptors (Lipinski definition) is 6. The van der Waals surface area contributed by atoms with E-state index >= 15 is 0 Å². The SMILES string of the molecule is CC.CC(CNC(=O)OC(C)(C)C)CNc1ccc(-c2ncn(C)n2)cn1. The van der Waals surface area contributed by atoms with Crippen LogP contribution < -0.4 is 10.6 Å². The molecule has 1 atom stereocenters. The van der Waals surface area contributed by atoms with Crippen molar-refractivity contribution in [2.75, 3.05) is 18.4 Å². The first kappa shape index (κ1) is 22.4. The van der Waals surface area contributed by atoms with E-state index in [2.05, 4.69) is 25.7 Å². The van der Waals surface area contributed by atoms with Crippen molar-refractivity contribution >= 4 is 11.9 Å². The van der Waals surface area contributed by atoms with Gasteiger partial charge >= 0.3 is 6.09 Å². The fourth-order valence-corrected chi connectivity index (χ4v) is 2.02. The van der Waals surface area contributed by atoms with E-state index in [9.17, 15) is 4.79 Å². The highest BCUT2D eigenvalue weighted by molar-refractivity contribution is 5.67. The van der Waals surface area contributed by atoms with Gasteiger partial charge in [0.15, 0.2) is 5.82 Å². The second kappa shape index (κ2) is 10.5. The molecule has 2 heterocycles. The maximum atomic E-state index is 11.6. The molecule has 2 N–H and O–H groups in total. The predicted molar refractivity (Wildman–Crippen MR) is 107 cm³/mol. The van der Waals surface area contributed by atoms with Crippen LogP contribution >= 0.6 is 0 Å². The summed E-state index contributed by atoms with van der Waals surface area (Å²) >= 11 is 0. The van der Waals surface area contributed by atoms with E-state index in [1.807, 2.05) is 60.7 Å². The van der Waals surface area contributed by atoms with Crippen LogP contribution in [0.2, 0.25) is 0 Å². The molecule has 0 aliphatic carbocycles. The predicted octanol–water partition coefficient (Wildman–Crippen LogP) is 3.48. The number of nitrogens with one attached hydrogen (secondary N) is 2. The first-order chi connectivity index (χ1) is 12.7. The van der Waals surface area contributed by atoms with Gasteiger partial charge in [-0.3, -0.25) is 4.68 Å². The van der Waals surface area contributed by atoms with E-state index in [-0.39, 0.29) is 5.92 Å². The van der Waals surface area contributed by atoms with Crippen molar-refractivity contribution in [2.24, 2.45) is 13.0 Å². The summed E-state index contributed by atoms with van der Waals surface area (Å²) in [6.45, 7) is 12.8. The van der Waals surface area contributed by atoms with Gasteiger partial charge in [0.05, 0.1) is 0 Å². The number of aryl methyl sites for hydroxylation is 1. The number of rotatable bonds is 6. The van der Waals surface area contributed by atoms with Crippen molar-refractivity contribution in [1.29, 1.82) is 0 Å². The van der Waals surface area contributed by atoms with E-state index < -0.39 is 11.7 Å². The van der Waals surface area contributed by atoms with Crippen LogP contribution in [0.1, 0.15) is 41.5 Å². The molecule has 8 heteroatoms. The molecule has 0 aliphatic rings. The largest absolute Gasteiger partial charge is 0.444 e. The number of alkyl carbamates (subject to hydrolysis) is 1. The number of carbonyl (C=O) groups is 1. The van der Waals surface area contributed by atoms with E-state index in [1.54, 1.807) is 17.2 Å². The van der Waals surface area contributed by atoms with Crippen molar-refractivity contribution in [1.82, 2.24) is 25.1 Å². The van der Waals surface area contributed by atoms with Crippen molar-refractivity contribution < 1.29 is 9.53 Å². The maximum Gasteiger partial charge on any atom is 0.407 e. The molecule has 2 aromatic heterocycles. The van der Waals surface area contributed by atoms with Gasteiger partial charge in [-0.25, -0.2) is 14.8 Å². The molecule has 0 radical (unpaired) electrons. The summed E-state index contributed by atoms with van der Waals surface area (Å²) in [5, 5.41) is 10.3. The number of ether oxygens (including phenoxy) is 1. The van der Waals surface area contributed by atoms with Gasteiger partial charge in [-0.05, 0) is 38.8 Å². The highest BCUT2D eigenvalue weighted by Crippen LogP contribution is 2.15. The van der Waals surface area contributed by atoms with Crippen LogP contribution in [0.25, 0.3) is 11.4 Å². The van der Waals surface area contributed by atoms with Crippen LogP contribution in [0, 0.1) is 5.92 Å². The third-order valence-corrected chi connectivity index (χ3v) is 3.25. The lowest BCUT2D eigenvalue weighted by atomic mass is 10.2. The second-order valence-corrected chi connectivity index (χ2v) is 7.04. The summed E-state index contributed by atoms with van der Waals surface area (Å²) in [7, 11) is 1.83. The van der Waals surface area contributed by atoms with E-state index in [0.29, 0.717) is 18.9 Å². The Bertz CT molecular complexity index is 691. The number of anilines is 1. The standard InChI is InChI=1S/C17H26N6O2.C2H6/c1-12(9-20-16(24)25-17(2,3)4)8-18-14-7-6-13(10-19-14)15-21-11-23(5)22-15;1-2/h6-7,10-12H,8-9H2,1-5H3,(H,18,19)(H,20,24);1-2H3. The number of aromatic nitrogens is 4. The second-order valence-electron chi connectivity index (χ2n) is 7.04. The van der Waals surface area contributed by atoms with Crippen LogP contribution in [0.5, 0.6) is 0 Å². The topological polar surface area (TPSA) is 94.0 Å². The summed E-state index contributed by atoms with van der Waals surface area (Å²) < 4.78 is 6.87. The molecule has 1 amide bonds. The number of amides is 1. The Morgan fingerprint density at radius 3 is 2.44 bits per heavy atom. The summed E-state index contributed by atoms with van der Waals surface area (Å²) in [4.78, 5) is 20.2. The molecule has 0 fully saturated rings. The van der Waals surface area contributed by atoms with Gasteiger partial charge < -0.3 is 15.4 Å². The molecule has 0 aromatic carbocycles. The van der Waals surface area contributed by atoms with E-state index in [1.165, 1.54) is 0 Å². The third kappa shape index (κ3) is 8.52. The zero-order valence-corrected chi connectivity index (χ0v) is 17.4. The lowest BCUT2D eigenvalue weighted by molar-refractivity contribution is 0.0521. The van der Waals surface area contributed by atoms with Gasteiger partial charge in [-0.1, -0.05) is 20.8 Å². The number of nitrogens with zero attached hydrogens (tertiary/aromatic N) is 4. The van der Waals surface area contributed by atoms with Crippen LogP contribution in [0.3, 0.4) is 0 Å². The fraction of sp³-hybridized carbons (Fsp3) is 0.579. The summed E-state index contributed by atoms with van der Waals surface area (Å²) in [6.07, 6.45) is 2.99. The Labute approximate surface area is 161 Å². The molecule has 2 rings (SSSR count). The molecule has 0 saturated carbocycles. The van der Waals surface area contributed by atoms with Crippen molar-refractivity contribution in [2.45, 2.75) is 47.1 Å². The zero-order chi connectivity index (χ0) is 20.4. The van der Waals surface area contributed by atoms with Gasteiger partial charge in [0.2, 0.25) is 0 Å². The minimum Gasteiger partial charge on any atom is -0.444 e. The van der Waals surface area contributed by atoms with Gasteiger partial charge in [0.25, 0.3) is 0 Å². The normalized spacial score (nSPS) is 11.8. The highest BCUT2D eigenvalue weighted by atomic mass is 16.6. The van der Waals surface area contributed by atoms with Gasteiger partial charge in [-0.2, -0.15) is 5.10 Å². The molecular weight excluding hydrogens is 344 g/mol. The molecule has 2 aromatic rings. The minimum absolute atomic E-state index is 0.228. The molecule has 0 spiro atoms. The van der Waals surface area contributed by atoms with Crippen molar-refractivity contribution in [3.8, 4) is 11.4 Å². The van der Waals surface area contributed by atoms with Gasteiger partial charge in [0.1, 0.15) is 17.7 Å². The Morgan fingerprint density at radius 2 is 1.93 bits per heavy atom. The molecule has 27 heavy (non-hydrogen) atoms. The molecule has 0 bridgehead atoms. The Morgan fingerprint density at radius 1 is 1.22 bits per heavy atom. The van der Waals surface area contributed by atoms with Crippen LogP contribution in [0.4, 0.5) is 10.6 Å². The fourth-order valence-electron chi connectivity index (χ4n) is 2.02. The first-order valence-electron chi connectivity index (χ1n) is 9.26. The van der Waals surface area contributed by atoms with Crippen molar-refractivity contribution in [3.63, 3.8) is 0 Å². The summed E-state index contributed by atoms with van der Waals surface area (Å²) in [5.74, 6) is 1.65. The average Bonchev–Trinajstić information content (AvgIpc) is 3.05. The number of carbonyl (C=O) groups excluding carboxylic acids is 1. The maximum absolute atomic E-state index is 11.6. The summed E-state index contributed by atoms with van der Waals surface area (Å²) in [5.41, 5.74) is 0.380. The summed E-state index contributed by atoms with van der Waals surface area (Å²) in [6, 6.07) is 3.81. The monoisotopic (exact) mass is 376 g/mol. The molecule has 150 valence electrons.